The number of H-pyrrole nitrogens is 1. The van der Waals surface area contributed by atoms with E-state index >= 15 is 0 Å². The molecule has 1 fully saturated rings. The van der Waals surface area contributed by atoms with Gasteiger partial charge in [-0.3, -0.25) is 4.79 Å². The predicted molar refractivity (Wildman–Crippen MR) is 93.1 cm³/mol. The summed E-state index contributed by atoms with van der Waals surface area (Å²) in [5.41, 5.74) is 5.37. The summed E-state index contributed by atoms with van der Waals surface area (Å²) >= 11 is 0. The van der Waals surface area contributed by atoms with Crippen LogP contribution in [-0.2, 0) is 14.8 Å². The lowest BCUT2D eigenvalue weighted by Gasteiger charge is -2.26. The maximum absolute atomic E-state index is 13.2. The van der Waals surface area contributed by atoms with Crippen molar-refractivity contribution in [2.45, 2.75) is 17.2 Å². The zero-order valence-electron chi connectivity index (χ0n) is 14.0. The van der Waals surface area contributed by atoms with Crippen molar-refractivity contribution in [2.75, 3.05) is 26.3 Å². The van der Waals surface area contributed by atoms with Crippen molar-refractivity contribution >= 4 is 28.1 Å². The van der Waals surface area contributed by atoms with E-state index in [0.29, 0.717) is 30.2 Å². The number of ether oxygens (including phenoxy) is 1. The molecule has 26 heavy (non-hydrogen) atoms. The first kappa shape index (κ1) is 17.1. The number of aromatic amines is 1. The van der Waals surface area contributed by atoms with E-state index in [9.17, 15) is 13.2 Å². The molecule has 2 aromatic heterocycles. The molecule has 1 aliphatic carbocycles. The third kappa shape index (κ3) is 2.77. The average molecular weight is 377 g/mol. The minimum atomic E-state index is -3.89. The molecule has 1 atom stereocenters. The van der Waals surface area contributed by atoms with Crippen molar-refractivity contribution in [1.82, 2.24) is 9.29 Å². The maximum Gasteiger partial charge on any atom is 0.266 e. The second-order valence-corrected chi connectivity index (χ2v) is 8.14. The standard InChI is InChI=1S/C17H19N3O5S/c18-17(21)15-16(26(22,23)20-5-8-24-9-6-20)12-10-11(3-4-13(12)19-15)14-2-1-7-25-14/h1-2,4,7,10-11,19H,3,5-6,8-9H2,(H2,18,21). The summed E-state index contributed by atoms with van der Waals surface area (Å²) < 4.78 is 38.5. The van der Waals surface area contributed by atoms with Gasteiger partial charge < -0.3 is 19.9 Å². The number of hydrogen-bond acceptors (Lipinski definition) is 5. The molecule has 0 aromatic carbocycles. The largest absolute Gasteiger partial charge is 0.469 e. The molecular formula is C17H19N3O5S. The summed E-state index contributed by atoms with van der Waals surface area (Å²) in [6, 6.07) is 3.63. The number of sulfonamides is 1. The van der Waals surface area contributed by atoms with Crippen molar-refractivity contribution in [2.24, 2.45) is 5.73 Å². The van der Waals surface area contributed by atoms with Crippen molar-refractivity contribution in [3.63, 3.8) is 0 Å². The minimum Gasteiger partial charge on any atom is -0.469 e. The number of rotatable bonds is 4. The van der Waals surface area contributed by atoms with Gasteiger partial charge in [0, 0.05) is 29.6 Å². The number of furan rings is 1. The molecule has 0 radical (unpaired) electrons. The average Bonchev–Trinajstić information content (AvgIpc) is 3.29. The van der Waals surface area contributed by atoms with Gasteiger partial charge in [0.1, 0.15) is 16.3 Å². The topological polar surface area (TPSA) is 119 Å². The van der Waals surface area contributed by atoms with Gasteiger partial charge in [-0.15, -0.1) is 0 Å². The van der Waals surface area contributed by atoms with Crippen LogP contribution in [0.5, 0.6) is 0 Å². The van der Waals surface area contributed by atoms with E-state index in [1.165, 1.54) is 4.31 Å². The van der Waals surface area contributed by atoms with Crippen molar-refractivity contribution < 1.29 is 22.4 Å². The Hall–Kier alpha value is -2.36. The Labute approximate surface area is 150 Å². The lowest BCUT2D eigenvalue weighted by Crippen LogP contribution is -2.43. The van der Waals surface area contributed by atoms with E-state index in [1.807, 2.05) is 18.2 Å². The van der Waals surface area contributed by atoms with E-state index in [4.69, 9.17) is 14.9 Å². The van der Waals surface area contributed by atoms with Gasteiger partial charge in [-0.1, -0.05) is 12.2 Å². The lowest BCUT2D eigenvalue weighted by molar-refractivity contribution is 0.0729. The fraction of sp³-hybridized carbons (Fsp3) is 0.353. The summed E-state index contributed by atoms with van der Waals surface area (Å²) in [4.78, 5) is 14.7. The number of carbonyl (C=O) groups excluding carboxylic acids is 1. The monoisotopic (exact) mass is 377 g/mol. The summed E-state index contributed by atoms with van der Waals surface area (Å²) in [5, 5.41) is 1.06. The van der Waals surface area contributed by atoms with Gasteiger partial charge >= 0.3 is 0 Å². The van der Waals surface area contributed by atoms with Crippen LogP contribution in [0.4, 0.5) is 0 Å². The summed E-state index contributed by atoms with van der Waals surface area (Å²) in [5.74, 6) is -0.168. The lowest BCUT2D eigenvalue weighted by atomic mass is 9.97. The number of morpholine rings is 1. The third-order valence-corrected chi connectivity index (χ3v) is 6.67. The summed E-state index contributed by atoms with van der Waals surface area (Å²) in [7, 11) is -3.89. The maximum atomic E-state index is 13.2. The van der Waals surface area contributed by atoms with Crippen molar-refractivity contribution in [3.8, 4) is 0 Å². The Balaban J connectivity index is 1.91. The molecule has 1 aliphatic heterocycles. The number of aromatic nitrogens is 1. The van der Waals surface area contributed by atoms with E-state index < -0.39 is 15.9 Å². The van der Waals surface area contributed by atoms with E-state index in [1.54, 1.807) is 12.3 Å². The Morgan fingerprint density at radius 3 is 2.73 bits per heavy atom. The predicted octanol–water partition coefficient (Wildman–Crippen LogP) is -0.524. The van der Waals surface area contributed by atoms with Crippen molar-refractivity contribution in [3.05, 3.63) is 40.4 Å². The zero-order chi connectivity index (χ0) is 18.3. The molecule has 0 saturated carbocycles. The van der Waals surface area contributed by atoms with Gasteiger partial charge in [0.25, 0.3) is 5.91 Å². The highest BCUT2D eigenvalue weighted by Gasteiger charge is 2.33. The van der Waals surface area contributed by atoms with Crippen LogP contribution in [0.15, 0.2) is 27.7 Å². The van der Waals surface area contributed by atoms with Gasteiger partial charge in [0.05, 0.1) is 19.5 Å². The van der Waals surface area contributed by atoms with Crippen LogP contribution in [0.1, 0.15) is 28.6 Å². The molecule has 4 rings (SSSR count). The van der Waals surface area contributed by atoms with Crippen molar-refractivity contribution in [1.29, 1.82) is 0 Å². The van der Waals surface area contributed by atoms with Gasteiger partial charge in [-0.25, -0.2) is 8.42 Å². The first-order chi connectivity index (χ1) is 12.5. The normalized spacial score (nSPS) is 20.8. The molecule has 1 saturated heterocycles. The molecule has 2 aromatic rings. The molecule has 2 aliphatic rings. The van der Waals surface area contributed by atoms with E-state index in [-0.39, 0.29) is 29.6 Å². The van der Waals surface area contributed by atoms with Gasteiger partial charge in [-0.05, 0) is 18.6 Å². The molecule has 8 nitrogen and oxygen atoms in total. The Morgan fingerprint density at radius 1 is 1.31 bits per heavy atom. The second kappa shape index (κ2) is 6.42. The van der Waals surface area contributed by atoms with Crippen LogP contribution < -0.4 is 16.3 Å². The molecule has 1 amide bonds. The number of carbonyl (C=O) groups is 1. The number of amides is 1. The number of fused-ring (bicyclic) bond motifs is 1. The molecule has 1 unspecified atom stereocenters. The quantitative estimate of drug-likeness (QED) is 0.743. The smallest absolute Gasteiger partial charge is 0.266 e. The molecule has 138 valence electrons. The fourth-order valence-electron chi connectivity index (χ4n) is 3.41. The van der Waals surface area contributed by atoms with E-state index in [0.717, 1.165) is 5.76 Å². The van der Waals surface area contributed by atoms with Crippen LogP contribution >= 0.6 is 0 Å². The number of nitrogens with two attached hydrogens (primary N) is 1. The van der Waals surface area contributed by atoms with Crippen LogP contribution in [0.2, 0.25) is 0 Å². The Kier molecular flexibility index (Phi) is 4.22. The molecule has 0 bridgehead atoms. The first-order valence-corrected chi connectivity index (χ1v) is 9.77. The molecular weight excluding hydrogens is 358 g/mol. The van der Waals surface area contributed by atoms with Crippen LogP contribution in [-0.4, -0.2) is 49.9 Å². The minimum absolute atomic E-state index is 0.0607. The van der Waals surface area contributed by atoms with Gasteiger partial charge in [-0.2, -0.15) is 4.31 Å². The van der Waals surface area contributed by atoms with Crippen LogP contribution in [0.3, 0.4) is 0 Å². The summed E-state index contributed by atoms with van der Waals surface area (Å²) in [6.45, 7) is 1.13. The molecule has 9 heteroatoms. The highest BCUT2D eigenvalue weighted by atomic mass is 32.2. The molecule has 0 spiro atoms. The first-order valence-electron chi connectivity index (χ1n) is 8.33. The number of nitrogens with one attached hydrogen (secondary N) is 1. The van der Waals surface area contributed by atoms with Gasteiger partial charge in [0.15, 0.2) is 0 Å². The highest BCUT2D eigenvalue weighted by Crippen LogP contribution is 2.25. The third-order valence-electron chi connectivity index (χ3n) is 4.69. The van der Waals surface area contributed by atoms with Crippen LogP contribution in [0, 0.1) is 0 Å². The van der Waals surface area contributed by atoms with Gasteiger partial charge in [0.2, 0.25) is 10.0 Å². The highest BCUT2D eigenvalue weighted by molar-refractivity contribution is 7.89. The van der Waals surface area contributed by atoms with Crippen LogP contribution in [0.25, 0.3) is 12.2 Å². The Morgan fingerprint density at radius 2 is 2.08 bits per heavy atom. The Bertz CT molecular complexity index is 1050. The number of primary amides is 1. The fourth-order valence-corrected chi connectivity index (χ4v) is 5.17. The second-order valence-electron chi connectivity index (χ2n) is 6.27. The number of nitrogens with zero attached hydrogens (tertiary/aromatic N) is 1. The zero-order valence-corrected chi connectivity index (χ0v) is 14.8. The van der Waals surface area contributed by atoms with E-state index in [2.05, 4.69) is 4.98 Å². The molecule has 3 N–H and O–H groups in total. The summed E-state index contributed by atoms with van der Waals surface area (Å²) in [6.07, 6.45) is 5.91. The molecule has 3 heterocycles. The SMILES string of the molecule is NC(=O)c1[nH]c2c(c1S(=O)(=O)N1CCOCC1)=CC(c1ccco1)CC=2. The number of hydrogen-bond donors (Lipinski definition) is 2.